The van der Waals surface area contributed by atoms with Gasteiger partial charge in [-0.25, -0.2) is 4.98 Å². The molecule has 0 aliphatic heterocycles. The summed E-state index contributed by atoms with van der Waals surface area (Å²) in [5, 5.41) is 4.52. The van der Waals surface area contributed by atoms with E-state index in [0.29, 0.717) is 34.1 Å². The van der Waals surface area contributed by atoms with Crippen molar-refractivity contribution >= 4 is 17.3 Å². The lowest BCUT2D eigenvalue weighted by molar-refractivity contribution is -0.0528. The summed E-state index contributed by atoms with van der Waals surface area (Å²) in [7, 11) is 0. The Morgan fingerprint density at radius 1 is 1.25 bits per heavy atom. The molecule has 24 heavy (non-hydrogen) atoms. The quantitative estimate of drug-likeness (QED) is 0.669. The number of aromatic nitrogens is 4. The number of rotatable bonds is 5. The molecule has 0 N–H and O–H groups in total. The van der Waals surface area contributed by atoms with Crippen molar-refractivity contribution in [2.24, 2.45) is 0 Å². The zero-order valence-electron chi connectivity index (χ0n) is 13.0. The average molecular weight is 332 g/mol. The van der Waals surface area contributed by atoms with Crippen molar-refractivity contribution in [3.05, 3.63) is 36.2 Å². The second kappa shape index (κ2) is 6.31. The molecule has 0 aromatic carbocycles. The summed E-state index contributed by atoms with van der Waals surface area (Å²) < 4.78 is 30.8. The summed E-state index contributed by atoms with van der Waals surface area (Å²) >= 11 is 0. The molecule has 0 radical (unpaired) electrons. The van der Waals surface area contributed by atoms with Crippen LogP contribution in [0, 0.1) is 0 Å². The molecule has 3 rings (SSSR count). The largest absolute Gasteiger partial charge is 0.417 e. The van der Waals surface area contributed by atoms with Crippen molar-refractivity contribution in [2.45, 2.75) is 26.5 Å². The third kappa shape index (κ3) is 2.94. The molecule has 0 bridgehead atoms. The monoisotopic (exact) mass is 332 g/mol. The van der Waals surface area contributed by atoms with Crippen LogP contribution in [-0.4, -0.2) is 32.6 Å². The summed E-state index contributed by atoms with van der Waals surface area (Å²) in [5.41, 5.74) is 2.77. The van der Waals surface area contributed by atoms with Crippen LogP contribution in [0.1, 0.15) is 30.2 Å². The predicted octanol–water partition coefficient (Wildman–Crippen LogP) is 3.49. The number of hydrogen-bond donors (Lipinski definition) is 0. The van der Waals surface area contributed by atoms with Gasteiger partial charge in [-0.15, -0.1) is 0 Å². The minimum absolute atomic E-state index is 0.0311. The average Bonchev–Trinajstić information content (AvgIpc) is 2.93. The first-order valence-electron chi connectivity index (χ1n) is 7.24. The number of halogens is 2. The Morgan fingerprint density at radius 3 is 2.71 bits per heavy atom. The van der Waals surface area contributed by atoms with Gasteiger partial charge in [0.25, 0.3) is 0 Å². The molecule has 8 heteroatoms. The van der Waals surface area contributed by atoms with Crippen LogP contribution in [0.2, 0.25) is 0 Å². The molecule has 0 amide bonds. The first-order chi connectivity index (χ1) is 11.5. The molecule has 0 spiro atoms. The molecule has 3 aromatic heterocycles. The highest BCUT2D eigenvalue weighted by molar-refractivity contribution is 5.92. The highest BCUT2D eigenvalue weighted by Crippen LogP contribution is 2.30. The Kier molecular flexibility index (Phi) is 4.20. The van der Waals surface area contributed by atoms with E-state index >= 15 is 0 Å². The summed E-state index contributed by atoms with van der Waals surface area (Å²) in [4.78, 5) is 19.0. The van der Waals surface area contributed by atoms with Gasteiger partial charge in [-0.1, -0.05) is 0 Å². The number of fused-ring (bicyclic) bond motifs is 1. The fourth-order valence-corrected chi connectivity index (χ4v) is 2.40. The minimum atomic E-state index is -2.95. The number of alkyl halides is 2. The van der Waals surface area contributed by atoms with Gasteiger partial charge < -0.3 is 4.74 Å². The van der Waals surface area contributed by atoms with Gasteiger partial charge in [-0.3, -0.25) is 14.5 Å². The van der Waals surface area contributed by atoms with Gasteiger partial charge in [0.05, 0.1) is 5.52 Å². The van der Waals surface area contributed by atoms with Gasteiger partial charge in [0.15, 0.2) is 6.29 Å². The van der Waals surface area contributed by atoms with Crippen LogP contribution in [0.25, 0.3) is 22.3 Å². The maximum Gasteiger partial charge on any atom is 0.388 e. The minimum Gasteiger partial charge on any atom is -0.417 e. The van der Waals surface area contributed by atoms with Crippen molar-refractivity contribution in [1.29, 1.82) is 0 Å². The summed E-state index contributed by atoms with van der Waals surface area (Å²) in [6, 6.07) is 4.75. The fraction of sp³-hybridized carbons (Fsp3) is 0.250. The smallest absolute Gasteiger partial charge is 0.388 e. The van der Waals surface area contributed by atoms with Crippen LogP contribution >= 0.6 is 0 Å². The third-order valence-electron chi connectivity index (χ3n) is 3.41. The van der Waals surface area contributed by atoms with Gasteiger partial charge in [-0.2, -0.15) is 13.9 Å². The molecule has 0 fully saturated rings. The topological polar surface area (TPSA) is 69.9 Å². The number of hydrogen-bond acceptors (Lipinski definition) is 5. The van der Waals surface area contributed by atoms with E-state index in [-0.39, 0.29) is 11.9 Å². The number of carbonyl (C=O) groups excluding carboxylic acids is 1. The van der Waals surface area contributed by atoms with Crippen LogP contribution < -0.4 is 4.74 Å². The normalized spacial score (nSPS) is 11.4. The van der Waals surface area contributed by atoms with E-state index in [2.05, 4.69) is 19.8 Å². The van der Waals surface area contributed by atoms with Crippen LogP contribution in [-0.2, 0) is 0 Å². The molecule has 0 saturated heterocycles. The summed E-state index contributed by atoms with van der Waals surface area (Å²) in [6.07, 6.45) is 3.53. The number of nitrogens with zero attached hydrogens (tertiary/aromatic N) is 4. The summed E-state index contributed by atoms with van der Waals surface area (Å²) in [5.74, 6) is -0.195. The number of aldehydes is 1. The molecule has 0 atom stereocenters. The van der Waals surface area contributed by atoms with E-state index < -0.39 is 6.61 Å². The Hall–Kier alpha value is -2.90. The van der Waals surface area contributed by atoms with Gasteiger partial charge >= 0.3 is 6.61 Å². The van der Waals surface area contributed by atoms with E-state index in [1.54, 1.807) is 16.8 Å². The first kappa shape index (κ1) is 16.0. The third-order valence-corrected chi connectivity index (χ3v) is 3.41. The molecular formula is C16H14F2N4O2. The number of pyridine rings is 2. The van der Waals surface area contributed by atoms with Crippen LogP contribution in [0.4, 0.5) is 8.78 Å². The lowest BCUT2D eigenvalue weighted by Crippen LogP contribution is -2.04. The maximum absolute atomic E-state index is 12.4. The molecular weight excluding hydrogens is 318 g/mol. The van der Waals surface area contributed by atoms with Crippen LogP contribution in [0.15, 0.2) is 30.6 Å². The fourth-order valence-electron chi connectivity index (χ4n) is 2.40. The van der Waals surface area contributed by atoms with Crippen molar-refractivity contribution < 1.29 is 18.3 Å². The molecule has 124 valence electrons. The number of ether oxygens (including phenoxy) is 1. The van der Waals surface area contributed by atoms with Crippen molar-refractivity contribution in [3.8, 4) is 17.1 Å². The molecule has 3 heterocycles. The van der Waals surface area contributed by atoms with Crippen LogP contribution in [0.5, 0.6) is 5.88 Å². The first-order valence-corrected chi connectivity index (χ1v) is 7.24. The van der Waals surface area contributed by atoms with E-state index in [1.807, 2.05) is 13.8 Å². The maximum atomic E-state index is 12.4. The van der Waals surface area contributed by atoms with E-state index in [0.717, 1.165) is 0 Å². The molecule has 0 saturated carbocycles. The van der Waals surface area contributed by atoms with E-state index in [1.165, 1.54) is 18.5 Å². The van der Waals surface area contributed by atoms with Gasteiger partial charge in [-0.05, 0) is 26.0 Å². The van der Waals surface area contributed by atoms with Crippen molar-refractivity contribution in [1.82, 2.24) is 19.7 Å². The second-order valence-corrected chi connectivity index (χ2v) is 5.40. The van der Waals surface area contributed by atoms with Crippen molar-refractivity contribution in [3.63, 3.8) is 0 Å². The van der Waals surface area contributed by atoms with Crippen LogP contribution in [0.3, 0.4) is 0 Å². The van der Waals surface area contributed by atoms with Gasteiger partial charge in [0.2, 0.25) is 5.88 Å². The lowest BCUT2D eigenvalue weighted by Gasteiger charge is -2.06. The standard InChI is InChI=1S/C16H14F2N4O2/c1-9(2)22-12-5-10(8-23)7-20-15(12)14(21-22)11-3-4-19-13(6-11)24-16(17)18/h3-9,16H,1-2H3. The predicted molar refractivity (Wildman–Crippen MR) is 83.2 cm³/mol. The van der Waals surface area contributed by atoms with Gasteiger partial charge in [0, 0.05) is 35.6 Å². The molecule has 3 aromatic rings. The molecule has 6 nitrogen and oxygen atoms in total. The zero-order valence-corrected chi connectivity index (χ0v) is 13.0. The Labute approximate surface area is 136 Å². The lowest BCUT2D eigenvalue weighted by atomic mass is 10.1. The Balaban J connectivity index is 2.18. The highest BCUT2D eigenvalue weighted by atomic mass is 19.3. The molecule has 0 aliphatic carbocycles. The second-order valence-electron chi connectivity index (χ2n) is 5.40. The van der Waals surface area contributed by atoms with E-state index in [4.69, 9.17) is 0 Å². The Bertz CT molecular complexity index is 893. The highest BCUT2D eigenvalue weighted by Gasteiger charge is 2.17. The zero-order chi connectivity index (χ0) is 17.3. The van der Waals surface area contributed by atoms with E-state index in [9.17, 15) is 13.6 Å². The Morgan fingerprint density at radius 2 is 2.04 bits per heavy atom. The molecule has 0 unspecified atom stereocenters. The van der Waals surface area contributed by atoms with Gasteiger partial charge in [0.1, 0.15) is 11.2 Å². The molecule has 0 aliphatic rings. The number of carbonyl (C=O) groups is 1. The summed E-state index contributed by atoms with van der Waals surface area (Å²) in [6.45, 7) is 0.939. The van der Waals surface area contributed by atoms with Crippen molar-refractivity contribution in [2.75, 3.05) is 0 Å². The SMILES string of the molecule is CC(C)n1nc(-c2ccnc(OC(F)F)c2)c2ncc(C=O)cc21.